The summed E-state index contributed by atoms with van der Waals surface area (Å²) in [6, 6.07) is 9.46. The van der Waals surface area contributed by atoms with Crippen LogP contribution in [0.1, 0.15) is 33.8 Å². The molecule has 36 heavy (non-hydrogen) atoms. The summed E-state index contributed by atoms with van der Waals surface area (Å²) in [6.07, 6.45) is -3.07. The van der Waals surface area contributed by atoms with Gasteiger partial charge in [0.25, 0.3) is 12.3 Å². The highest BCUT2D eigenvalue weighted by molar-refractivity contribution is 6.53. The third kappa shape index (κ3) is 5.14. The second-order valence-electron chi connectivity index (χ2n) is 7.97. The Morgan fingerprint density at radius 1 is 0.889 bits per heavy atom. The Morgan fingerprint density at radius 3 is 2.28 bits per heavy atom. The smallest absolute Gasteiger partial charge is 0.266 e. The van der Waals surface area contributed by atoms with Crippen LogP contribution in [0.2, 0.25) is 5.02 Å². The molecule has 188 valence electrons. The summed E-state index contributed by atoms with van der Waals surface area (Å²) in [5.74, 6) is -6.41. The minimum atomic E-state index is -3.07. The SMILES string of the molecule is O=C(Nc1ccc(F)cc1F)c1cc(NC(=O)C2C(c3ccc(F)c(C(F)F)c3)C2(Cl)Cl)ccc1Cl. The van der Waals surface area contributed by atoms with E-state index in [4.69, 9.17) is 34.8 Å². The van der Waals surface area contributed by atoms with Gasteiger partial charge in [-0.15, -0.1) is 23.2 Å². The van der Waals surface area contributed by atoms with Crippen LogP contribution in [-0.4, -0.2) is 16.1 Å². The number of carbonyl (C=O) groups excluding carboxylic acids is 2. The van der Waals surface area contributed by atoms with Crippen molar-refractivity contribution in [2.75, 3.05) is 10.6 Å². The van der Waals surface area contributed by atoms with E-state index in [9.17, 15) is 31.5 Å². The van der Waals surface area contributed by atoms with Crippen molar-refractivity contribution in [3.63, 3.8) is 0 Å². The Balaban J connectivity index is 1.52. The van der Waals surface area contributed by atoms with Gasteiger partial charge in [-0.05, 0) is 48.0 Å². The maximum absolute atomic E-state index is 13.9. The van der Waals surface area contributed by atoms with Gasteiger partial charge >= 0.3 is 0 Å². The number of anilines is 2. The van der Waals surface area contributed by atoms with Gasteiger partial charge < -0.3 is 10.6 Å². The van der Waals surface area contributed by atoms with E-state index in [0.29, 0.717) is 6.07 Å². The first kappa shape index (κ1) is 26.2. The number of hydrogen-bond acceptors (Lipinski definition) is 2. The third-order valence-corrected chi connectivity index (χ3v) is 6.88. The normalized spacial score (nSPS) is 18.1. The number of halogens is 8. The van der Waals surface area contributed by atoms with Gasteiger partial charge in [0.2, 0.25) is 5.91 Å². The number of amides is 2. The van der Waals surface area contributed by atoms with E-state index in [1.807, 2.05) is 0 Å². The summed E-state index contributed by atoms with van der Waals surface area (Å²) in [4.78, 5) is 25.5. The van der Waals surface area contributed by atoms with Gasteiger partial charge in [0, 0.05) is 17.7 Å². The number of hydrogen-bond donors (Lipinski definition) is 2. The predicted molar refractivity (Wildman–Crippen MR) is 126 cm³/mol. The number of carbonyl (C=O) groups is 2. The van der Waals surface area contributed by atoms with Gasteiger partial charge in [-0.1, -0.05) is 17.7 Å². The highest BCUT2D eigenvalue weighted by Gasteiger charge is 2.67. The molecule has 3 aromatic rings. The Morgan fingerprint density at radius 2 is 1.61 bits per heavy atom. The van der Waals surface area contributed by atoms with E-state index in [-0.39, 0.29) is 27.5 Å². The van der Waals surface area contributed by atoms with Crippen LogP contribution in [0, 0.1) is 23.4 Å². The van der Waals surface area contributed by atoms with Crippen molar-refractivity contribution in [2.45, 2.75) is 16.7 Å². The summed E-state index contributed by atoms with van der Waals surface area (Å²) in [6.45, 7) is 0. The van der Waals surface area contributed by atoms with Crippen LogP contribution >= 0.6 is 34.8 Å². The van der Waals surface area contributed by atoms with E-state index < -0.39 is 57.4 Å². The fourth-order valence-corrected chi connectivity index (χ4v) is 4.80. The fraction of sp³-hybridized carbons (Fsp3) is 0.167. The standard InChI is InChI=1S/C24H14Cl3F5N2O2/c25-15-4-3-12(9-13(15)22(35)34-18-6-2-11(28)8-17(18)30)33-23(36)20-19(24(20,26)27)10-1-5-16(29)14(7-10)21(31)32/h1-9,19-21H,(H,33,36)(H,34,35). The number of nitrogens with one attached hydrogen (secondary N) is 2. The molecule has 1 fully saturated rings. The lowest BCUT2D eigenvalue weighted by molar-refractivity contribution is -0.117. The molecule has 12 heteroatoms. The zero-order valence-electron chi connectivity index (χ0n) is 17.8. The van der Waals surface area contributed by atoms with E-state index >= 15 is 0 Å². The minimum absolute atomic E-state index is 0.0211. The van der Waals surface area contributed by atoms with Gasteiger partial charge in [0.05, 0.1) is 27.8 Å². The molecule has 0 radical (unpaired) electrons. The molecule has 2 atom stereocenters. The molecule has 4 rings (SSSR count). The molecule has 3 aromatic carbocycles. The van der Waals surface area contributed by atoms with Crippen LogP contribution in [0.25, 0.3) is 0 Å². The number of alkyl halides is 4. The first-order chi connectivity index (χ1) is 16.9. The molecule has 4 nitrogen and oxygen atoms in total. The molecule has 2 amide bonds. The maximum atomic E-state index is 13.9. The zero-order valence-corrected chi connectivity index (χ0v) is 20.0. The van der Waals surface area contributed by atoms with E-state index in [0.717, 1.165) is 24.3 Å². The molecule has 0 saturated heterocycles. The summed E-state index contributed by atoms with van der Waals surface area (Å²) in [5.41, 5.74) is -0.989. The summed E-state index contributed by atoms with van der Waals surface area (Å²) in [7, 11) is 0. The molecule has 0 aromatic heterocycles. The Labute approximate surface area is 216 Å². The molecule has 0 bridgehead atoms. The van der Waals surface area contributed by atoms with Gasteiger partial charge in [0.15, 0.2) is 0 Å². The van der Waals surface area contributed by atoms with Crippen molar-refractivity contribution < 1.29 is 31.5 Å². The fourth-order valence-electron chi connectivity index (χ4n) is 3.77. The van der Waals surface area contributed by atoms with Crippen molar-refractivity contribution in [3.05, 3.63) is 93.8 Å². The Kier molecular flexibility index (Phi) is 7.19. The number of benzene rings is 3. The van der Waals surface area contributed by atoms with Crippen molar-refractivity contribution in [1.29, 1.82) is 0 Å². The first-order valence-electron chi connectivity index (χ1n) is 10.2. The lowest BCUT2D eigenvalue weighted by atomic mass is 10.0. The summed E-state index contributed by atoms with van der Waals surface area (Å²) in [5, 5.41) is 4.76. The second kappa shape index (κ2) is 9.88. The molecule has 0 heterocycles. The average Bonchev–Trinajstić information content (AvgIpc) is 3.39. The average molecular weight is 564 g/mol. The summed E-state index contributed by atoms with van der Waals surface area (Å²) < 4.78 is 65.1. The Hall–Kier alpha value is -2.88. The van der Waals surface area contributed by atoms with Crippen molar-refractivity contribution in [1.82, 2.24) is 0 Å². The molecule has 0 aliphatic heterocycles. The van der Waals surface area contributed by atoms with E-state index in [2.05, 4.69) is 10.6 Å². The molecule has 1 aliphatic rings. The topological polar surface area (TPSA) is 58.2 Å². The van der Waals surface area contributed by atoms with Crippen LogP contribution in [-0.2, 0) is 4.79 Å². The molecular formula is C24H14Cl3F5N2O2. The largest absolute Gasteiger partial charge is 0.326 e. The molecule has 1 saturated carbocycles. The van der Waals surface area contributed by atoms with Crippen molar-refractivity contribution in [2.24, 2.45) is 5.92 Å². The monoisotopic (exact) mass is 562 g/mol. The minimum Gasteiger partial charge on any atom is -0.326 e. The molecule has 2 unspecified atom stereocenters. The second-order valence-corrected chi connectivity index (χ2v) is 9.83. The highest BCUT2D eigenvalue weighted by Crippen LogP contribution is 2.65. The zero-order chi connectivity index (χ0) is 26.4. The lowest BCUT2D eigenvalue weighted by Crippen LogP contribution is -2.18. The van der Waals surface area contributed by atoms with E-state index in [1.165, 1.54) is 24.3 Å². The van der Waals surface area contributed by atoms with Crippen LogP contribution in [0.15, 0.2) is 54.6 Å². The van der Waals surface area contributed by atoms with Crippen molar-refractivity contribution in [3.8, 4) is 0 Å². The van der Waals surface area contributed by atoms with Crippen LogP contribution < -0.4 is 10.6 Å². The summed E-state index contributed by atoms with van der Waals surface area (Å²) >= 11 is 18.6. The van der Waals surface area contributed by atoms with Crippen molar-refractivity contribution >= 4 is 58.0 Å². The van der Waals surface area contributed by atoms with Gasteiger partial charge in [-0.25, -0.2) is 22.0 Å². The molecular weight excluding hydrogens is 550 g/mol. The molecule has 0 spiro atoms. The van der Waals surface area contributed by atoms with E-state index in [1.54, 1.807) is 0 Å². The quantitative estimate of drug-likeness (QED) is 0.241. The van der Waals surface area contributed by atoms with Gasteiger partial charge in [0.1, 0.15) is 21.8 Å². The maximum Gasteiger partial charge on any atom is 0.266 e. The highest BCUT2D eigenvalue weighted by atomic mass is 35.5. The van der Waals surface area contributed by atoms with Crippen LogP contribution in [0.4, 0.5) is 33.3 Å². The van der Waals surface area contributed by atoms with Crippen LogP contribution in [0.5, 0.6) is 0 Å². The Bertz CT molecular complexity index is 1370. The van der Waals surface area contributed by atoms with Gasteiger partial charge in [-0.2, -0.15) is 0 Å². The third-order valence-electron chi connectivity index (χ3n) is 5.61. The van der Waals surface area contributed by atoms with Gasteiger partial charge in [-0.3, -0.25) is 9.59 Å². The molecule has 2 N–H and O–H groups in total. The lowest BCUT2D eigenvalue weighted by Gasteiger charge is -2.11. The van der Waals surface area contributed by atoms with Crippen LogP contribution in [0.3, 0.4) is 0 Å². The predicted octanol–water partition coefficient (Wildman–Crippen LogP) is 7.47. The molecule has 1 aliphatic carbocycles. The number of rotatable bonds is 6. The first-order valence-corrected chi connectivity index (χ1v) is 11.4.